The van der Waals surface area contributed by atoms with E-state index < -0.39 is 0 Å². The van der Waals surface area contributed by atoms with Crippen molar-refractivity contribution in [3.63, 3.8) is 0 Å². The minimum absolute atomic E-state index is 0.0151. The van der Waals surface area contributed by atoms with Crippen LogP contribution < -0.4 is 4.90 Å². The summed E-state index contributed by atoms with van der Waals surface area (Å²) in [5.74, 6) is 1.36. The molecular weight excluding hydrogens is 429 g/mol. The molecule has 1 amide bonds. The van der Waals surface area contributed by atoms with Crippen LogP contribution in [0.4, 0.5) is 10.2 Å². The standard InChI is InChI=1S/C27H30FN5O/c28-24-10-8-22(9-11-24)26-29-13-12-25(30-26)33-14-4-7-23(20-33)27(34)32-17-15-31(16-18-32)19-21-5-2-1-3-6-21/h1-3,5-6,8-13,23H,4,7,14-20H2/t23-/m0/s1. The number of halogens is 1. The van der Waals surface area contributed by atoms with Gasteiger partial charge in [0.15, 0.2) is 5.82 Å². The lowest BCUT2D eigenvalue weighted by molar-refractivity contribution is -0.137. The first-order valence-electron chi connectivity index (χ1n) is 12.0. The Balaban J connectivity index is 1.19. The molecule has 34 heavy (non-hydrogen) atoms. The molecule has 0 bridgehead atoms. The van der Waals surface area contributed by atoms with Crippen LogP contribution in [0.2, 0.25) is 0 Å². The van der Waals surface area contributed by atoms with Gasteiger partial charge in [0.2, 0.25) is 5.91 Å². The molecule has 2 aliphatic heterocycles. The van der Waals surface area contributed by atoms with Gasteiger partial charge >= 0.3 is 0 Å². The number of amides is 1. The Morgan fingerprint density at radius 1 is 0.941 bits per heavy atom. The second-order valence-corrected chi connectivity index (χ2v) is 9.12. The van der Waals surface area contributed by atoms with Gasteiger partial charge in [0, 0.05) is 57.6 Å². The summed E-state index contributed by atoms with van der Waals surface area (Å²) in [6.45, 7) is 5.85. The number of carbonyl (C=O) groups excluding carboxylic acids is 1. The molecule has 2 aliphatic rings. The average molecular weight is 460 g/mol. The molecule has 6 nitrogen and oxygen atoms in total. The van der Waals surface area contributed by atoms with Gasteiger partial charge in [-0.15, -0.1) is 0 Å². The third kappa shape index (κ3) is 5.25. The van der Waals surface area contributed by atoms with E-state index in [0.29, 0.717) is 12.4 Å². The van der Waals surface area contributed by atoms with Gasteiger partial charge in [0.05, 0.1) is 5.92 Å². The highest BCUT2D eigenvalue weighted by Gasteiger charge is 2.31. The summed E-state index contributed by atoms with van der Waals surface area (Å²) in [6.07, 6.45) is 3.61. The van der Waals surface area contributed by atoms with Crippen LogP contribution in [0.3, 0.4) is 0 Å². The van der Waals surface area contributed by atoms with E-state index in [1.807, 2.05) is 17.0 Å². The van der Waals surface area contributed by atoms with E-state index >= 15 is 0 Å². The first-order valence-corrected chi connectivity index (χ1v) is 12.0. The molecule has 5 rings (SSSR count). The lowest BCUT2D eigenvalue weighted by Gasteiger charge is -2.39. The van der Waals surface area contributed by atoms with Gasteiger partial charge in [-0.3, -0.25) is 9.69 Å². The second-order valence-electron chi connectivity index (χ2n) is 9.12. The molecule has 0 saturated carbocycles. The normalized spacial score (nSPS) is 19.3. The molecular formula is C27H30FN5O. The number of piperazine rings is 1. The van der Waals surface area contributed by atoms with E-state index in [0.717, 1.165) is 63.5 Å². The number of piperidine rings is 1. The Morgan fingerprint density at radius 3 is 2.47 bits per heavy atom. The fourth-order valence-electron chi connectivity index (χ4n) is 4.88. The number of hydrogen-bond donors (Lipinski definition) is 0. The number of nitrogens with zero attached hydrogens (tertiary/aromatic N) is 5. The average Bonchev–Trinajstić information content (AvgIpc) is 2.90. The molecule has 2 saturated heterocycles. The van der Waals surface area contributed by atoms with Gasteiger partial charge in [-0.1, -0.05) is 30.3 Å². The minimum atomic E-state index is -0.279. The van der Waals surface area contributed by atoms with Crippen molar-refractivity contribution in [2.75, 3.05) is 44.2 Å². The van der Waals surface area contributed by atoms with E-state index in [-0.39, 0.29) is 17.6 Å². The molecule has 2 fully saturated rings. The van der Waals surface area contributed by atoms with E-state index in [2.05, 4.69) is 39.0 Å². The third-order valence-corrected chi connectivity index (χ3v) is 6.77. The SMILES string of the molecule is O=C([C@H]1CCCN(c2ccnc(-c3ccc(F)cc3)n2)C1)N1CCN(Cc2ccccc2)CC1. The zero-order chi connectivity index (χ0) is 23.3. The highest BCUT2D eigenvalue weighted by molar-refractivity contribution is 5.80. The van der Waals surface area contributed by atoms with Crippen LogP contribution in [0, 0.1) is 11.7 Å². The van der Waals surface area contributed by atoms with E-state index in [9.17, 15) is 9.18 Å². The second kappa shape index (κ2) is 10.3. The van der Waals surface area contributed by atoms with Crippen molar-refractivity contribution >= 4 is 11.7 Å². The Labute approximate surface area is 200 Å². The molecule has 7 heteroatoms. The zero-order valence-electron chi connectivity index (χ0n) is 19.3. The summed E-state index contributed by atoms with van der Waals surface area (Å²) < 4.78 is 13.3. The van der Waals surface area contributed by atoms with Crippen molar-refractivity contribution in [2.45, 2.75) is 19.4 Å². The van der Waals surface area contributed by atoms with Gasteiger partial charge in [-0.05, 0) is 48.7 Å². The van der Waals surface area contributed by atoms with Crippen LogP contribution in [0.5, 0.6) is 0 Å². The van der Waals surface area contributed by atoms with Crippen LogP contribution in [0.1, 0.15) is 18.4 Å². The third-order valence-electron chi connectivity index (χ3n) is 6.77. The van der Waals surface area contributed by atoms with Crippen LogP contribution in [-0.4, -0.2) is 64.9 Å². The molecule has 0 aliphatic carbocycles. The summed E-state index contributed by atoms with van der Waals surface area (Å²) in [4.78, 5) is 29.0. The molecule has 3 aromatic rings. The van der Waals surface area contributed by atoms with Crippen molar-refractivity contribution in [3.05, 3.63) is 78.2 Å². The van der Waals surface area contributed by atoms with Crippen molar-refractivity contribution in [1.82, 2.24) is 19.8 Å². The molecule has 0 radical (unpaired) electrons. The van der Waals surface area contributed by atoms with Gasteiger partial charge in [-0.25, -0.2) is 14.4 Å². The molecule has 1 aromatic heterocycles. The lowest BCUT2D eigenvalue weighted by atomic mass is 9.96. The Hall–Kier alpha value is -3.32. The predicted octanol–water partition coefficient (Wildman–Crippen LogP) is 3.84. The Morgan fingerprint density at radius 2 is 1.71 bits per heavy atom. The molecule has 3 heterocycles. The molecule has 0 spiro atoms. The predicted molar refractivity (Wildman–Crippen MR) is 131 cm³/mol. The number of rotatable bonds is 5. The first kappa shape index (κ1) is 22.5. The largest absolute Gasteiger partial charge is 0.356 e. The Bertz CT molecular complexity index is 1100. The van der Waals surface area contributed by atoms with Crippen LogP contribution in [-0.2, 0) is 11.3 Å². The summed E-state index contributed by atoms with van der Waals surface area (Å²) in [5.41, 5.74) is 2.09. The highest BCUT2D eigenvalue weighted by Crippen LogP contribution is 2.25. The topological polar surface area (TPSA) is 52.6 Å². The first-order chi connectivity index (χ1) is 16.7. The van der Waals surface area contributed by atoms with Crippen LogP contribution in [0.25, 0.3) is 11.4 Å². The molecule has 1 atom stereocenters. The number of hydrogen-bond acceptors (Lipinski definition) is 5. The number of anilines is 1. The van der Waals surface area contributed by atoms with Gasteiger partial charge in [-0.2, -0.15) is 0 Å². The van der Waals surface area contributed by atoms with Gasteiger partial charge < -0.3 is 9.80 Å². The van der Waals surface area contributed by atoms with Crippen LogP contribution >= 0.6 is 0 Å². The monoisotopic (exact) mass is 459 g/mol. The molecule has 2 aromatic carbocycles. The zero-order valence-corrected chi connectivity index (χ0v) is 19.3. The van der Waals surface area contributed by atoms with Gasteiger partial charge in [0.25, 0.3) is 0 Å². The van der Waals surface area contributed by atoms with Crippen LogP contribution in [0.15, 0.2) is 66.9 Å². The van der Waals surface area contributed by atoms with Crippen molar-refractivity contribution in [1.29, 1.82) is 0 Å². The maximum Gasteiger partial charge on any atom is 0.227 e. The quantitative estimate of drug-likeness (QED) is 0.580. The smallest absolute Gasteiger partial charge is 0.227 e. The number of aromatic nitrogens is 2. The summed E-state index contributed by atoms with van der Waals surface area (Å²) in [7, 11) is 0. The fourth-order valence-corrected chi connectivity index (χ4v) is 4.88. The number of carbonyl (C=O) groups is 1. The number of benzene rings is 2. The van der Waals surface area contributed by atoms with Gasteiger partial charge in [0.1, 0.15) is 11.6 Å². The van der Waals surface area contributed by atoms with E-state index in [4.69, 9.17) is 4.98 Å². The van der Waals surface area contributed by atoms with E-state index in [1.54, 1.807) is 18.3 Å². The summed E-state index contributed by atoms with van der Waals surface area (Å²) in [6, 6.07) is 18.6. The molecule has 0 N–H and O–H groups in total. The minimum Gasteiger partial charge on any atom is -0.356 e. The fraction of sp³-hybridized carbons (Fsp3) is 0.370. The maximum atomic E-state index is 13.3. The van der Waals surface area contributed by atoms with Crippen molar-refractivity contribution < 1.29 is 9.18 Å². The van der Waals surface area contributed by atoms with E-state index in [1.165, 1.54) is 17.7 Å². The maximum absolute atomic E-state index is 13.3. The van der Waals surface area contributed by atoms with Crippen molar-refractivity contribution in [2.24, 2.45) is 5.92 Å². The lowest BCUT2D eigenvalue weighted by Crippen LogP contribution is -2.52. The molecule has 176 valence electrons. The summed E-state index contributed by atoms with van der Waals surface area (Å²) in [5, 5.41) is 0. The highest BCUT2D eigenvalue weighted by atomic mass is 19.1. The Kier molecular flexibility index (Phi) is 6.81. The van der Waals surface area contributed by atoms with Crippen molar-refractivity contribution in [3.8, 4) is 11.4 Å². The summed E-state index contributed by atoms with van der Waals surface area (Å²) >= 11 is 0. The molecule has 0 unspecified atom stereocenters.